The Labute approximate surface area is 292 Å². The van der Waals surface area contributed by atoms with E-state index in [-0.39, 0.29) is 21.1 Å². The second kappa shape index (κ2) is 47.0. The molecule has 0 unspecified atom stereocenters. The monoisotopic (exact) mass is 731 g/mol. The van der Waals surface area contributed by atoms with Crippen molar-refractivity contribution in [2.24, 2.45) is 0 Å². The van der Waals surface area contributed by atoms with Crippen molar-refractivity contribution in [2.75, 3.05) is 0 Å². The van der Waals surface area contributed by atoms with Crippen LogP contribution in [0.25, 0.3) is 0 Å². The minimum absolute atomic E-state index is 0. The summed E-state index contributed by atoms with van der Waals surface area (Å²) in [6.45, 7) is 12.4. The molecule has 0 N–H and O–H groups in total. The smallest absolute Gasteiger partial charge is 0.850 e. The maximum absolute atomic E-state index is 9.29. The molecule has 0 bridgehead atoms. The molecule has 0 heterocycles. The van der Waals surface area contributed by atoms with Crippen molar-refractivity contribution in [2.45, 2.75) is 219 Å². The Bertz CT molecular complexity index is 405. The maximum atomic E-state index is 9.29. The summed E-state index contributed by atoms with van der Waals surface area (Å²) in [7, 11) is 0. The second-order valence-corrected chi connectivity index (χ2v) is 16.5. The van der Waals surface area contributed by atoms with E-state index in [1.165, 1.54) is 193 Å². The molecule has 0 rings (SSSR count). The van der Waals surface area contributed by atoms with Gasteiger partial charge in [0, 0.05) is 0 Å². The molecule has 0 fully saturated rings. The van der Waals surface area contributed by atoms with Crippen LogP contribution in [-0.4, -0.2) is 0 Å². The van der Waals surface area contributed by atoms with Gasteiger partial charge in [0.1, 0.15) is 0 Å². The molecular formula is C36H74MoO2PS2-2. The van der Waals surface area contributed by atoms with E-state index in [1.54, 1.807) is 0 Å². The van der Waals surface area contributed by atoms with E-state index >= 15 is 0 Å². The van der Waals surface area contributed by atoms with Crippen LogP contribution in [0.1, 0.15) is 219 Å². The van der Waals surface area contributed by atoms with Crippen LogP contribution in [0.3, 0.4) is 0 Å². The number of unbranched alkanes of at least 4 members (excludes halogenated alkanes) is 30. The fraction of sp³-hybridized carbons (Fsp3) is 0.944. The molecule has 255 valence electrons. The first-order chi connectivity index (χ1) is 19.8. The van der Waals surface area contributed by atoms with Gasteiger partial charge >= 0.3 is 21.1 Å². The molecule has 0 amide bonds. The Kier molecular flexibility index (Phi) is 56.5. The minimum atomic E-state index is -3.72. The molecule has 0 aromatic carbocycles. The molecule has 0 saturated carbocycles. The standard InChI is InChI=1S/2C18H37.Mo.H3O2PS2/c2*1-3-5-7-9-11-13-15-17-18-16-14-12-10-8-6-4-2;;1-3(2,4)5/h2*1,3-18H2,2H3;;(H3,1,2,4,5)/q2*-1;+3;/p-3. The summed E-state index contributed by atoms with van der Waals surface area (Å²) in [6.07, 6.45) is 45.6. The fourth-order valence-corrected chi connectivity index (χ4v) is 5.10. The molecule has 0 spiro atoms. The van der Waals surface area contributed by atoms with E-state index in [0.29, 0.717) is 0 Å². The van der Waals surface area contributed by atoms with Crippen LogP contribution in [0.4, 0.5) is 0 Å². The van der Waals surface area contributed by atoms with Gasteiger partial charge < -0.3 is 41.6 Å². The van der Waals surface area contributed by atoms with Gasteiger partial charge in [-0.15, -0.1) is 0 Å². The van der Waals surface area contributed by atoms with Crippen LogP contribution in [0.2, 0.25) is 0 Å². The normalized spacial score (nSPS) is 10.8. The van der Waals surface area contributed by atoms with Crippen LogP contribution < -0.4 is 9.79 Å². The molecule has 1 radical (unpaired) electrons. The SMILES string of the molecule is [CH2-]CCCCCCCCCCCCCCCCC.[CH2-]CCCCCCCCCCCCCCCCC.[Mo+3].[O-]P([O-])(=S)[S-]. The van der Waals surface area contributed by atoms with Crippen molar-refractivity contribution in [3.63, 3.8) is 0 Å². The van der Waals surface area contributed by atoms with Crippen LogP contribution in [0.5, 0.6) is 0 Å². The van der Waals surface area contributed by atoms with Gasteiger partial charge in [-0.1, -0.05) is 206 Å². The van der Waals surface area contributed by atoms with Gasteiger partial charge in [0.25, 0.3) is 0 Å². The van der Waals surface area contributed by atoms with Gasteiger partial charge in [-0.25, -0.2) is 0 Å². The number of rotatable bonds is 30. The van der Waals surface area contributed by atoms with E-state index < -0.39 is 5.69 Å². The van der Waals surface area contributed by atoms with E-state index in [0.717, 1.165) is 12.8 Å². The second-order valence-electron chi connectivity index (χ2n) is 12.1. The molecule has 0 aliphatic carbocycles. The third-order valence-electron chi connectivity index (χ3n) is 7.71. The number of hydrogen-bond acceptors (Lipinski definition) is 4. The molecular weight excluding hydrogens is 655 g/mol. The molecule has 0 aromatic heterocycles. The predicted octanol–water partition coefficient (Wildman–Crippen LogP) is 12.6. The Hall–Kier alpha value is 1.61. The summed E-state index contributed by atoms with van der Waals surface area (Å²) in [4.78, 5) is 18.6. The average Bonchev–Trinajstić information content (AvgIpc) is 2.93. The molecule has 6 heteroatoms. The van der Waals surface area contributed by atoms with E-state index in [4.69, 9.17) is 0 Å². The zero-order valence-corrected chi connectivity index (χ0v) is 33.1. The first kappa shape index (κ1) is 50.5. The van der Waals surface area contributed by atoms with Crippen molar-refractivity contribution in [3.05, 3.63) is 13.8 Å². The van der Waals surface area contributed by atoms with Crippen LogP contribution >= 0.6 is 5.69 Å². The topological polar surface area (TPSA) is 46.1 Å². The Morgan fingerprint density at radius 1 is 0.405 bits per heavy atom. The zero-order valence-electron chi connectivity index (χ0n) is 28.5. The third-order valence-corrected chi connectivity index (χ3v) is 7.71. The first-order valence-corrected chi connectivity index (χ1v) is 21.8. The van der Waals surface area contributed by atoms with Crippen molar-refractivity contribution in [1.82, 2.24) is 0 Å². The van der Waals surface area contributed by atoms with Crippen molar-refractivity contribution >= 4 is 29.7 Å². The van der Waals surface area contributed by atoms with Gasteiger partial charge in [0.05, 0.1) is 0 Å². The summed E-state index contributed by atoms with van der Waals surface area (Å²) < 4.78 is 0. The molecule has 0 aliphatic rings. The van der Waals surface area contributed by atoms with Crippen molar-refractivity contribution in [1.29, 1.82) is 0 Å². The predicted molar refractivity (Wildman–Crippen MR) is 191 cm³/mol. The molecule has 0 aromatic rings. The number of hydrogen-bond donors (Lipinski definition) is 0. The van der Waals surface area contributed by atoms with Crippen LogP contribution in [0.15, 0.2) is 0 Å². The van der Waals surface area contributed by atoms with E-state index in [2.05, 4.69) is 51.8 Å². The van der Waals surface area contributed by atoms with Gasteiger partial charge in [0.15, 0.2) is 0 Å². The van der Waals surface area contributed by atoms with Gasteiger partial charge in [-0.05, 0) is 0 Å². The van der Waals surface area contributed by atoms with E-state index in [9.17, 15) is 9.79 Å². The van der Waals surface area contributed by atoms with Gasteiger partial charge in [-0.3, -0.25) is 0 Å². The Balaban J connectivity index is -0.000000290. The first-order valence-electron chi connectivity index (χ1n) is 18.1. The van der Waals surface area contributed by atoms with Crippen molar-refractivity contribution < 1.29 is 30.9 Å². The summed E-state index contributed by atoms with van der Waals surface area (Å²) in [5.41, 5.74) is -3.72. The van der Waals surface area contributed by atoms with Crippen molar-refractivity contribution in [3.8, 4) is 0 Å². The molecule has 0 saturated heterocycles. The molecule has 2 nitrogen and oxygen atoms in total. The molecule has 0 atom stereocenters. The molecule has 42 heavy (non-hydrogen) atoms. The fourth-order valence-electron chi connectivity index (χ4n) is 5.10. The minimum Gasteiger partial charge on any atom is -0.850 e. The zero-order chi connectivity index (χ0) is 31.1. The Morgan fingerprint density at radius 3 is 0.643 bits per heavy atom. The quantitative estimate of drug-likeness (QED) is 0.0243. The summed E-state index contributed by atoms with van der Waals surface area (Å²) in [5.74, 6) is 0. The molecule has 0 aliphatic heterocycles. The third kappa shape index (κ3) is 68.7. The van der Waals surface area contributed by atoms with Gasteiger partial charge in [-0.2, -0.15) is 24.6 Å². The summed E-state index contributed by atoms with van der Waals surface area (Å²) in [5, 5.41) is 0. The van der Waals surface area contributed by atoms with E-state index in [1.807, 2.05) is 0 Å². The average molecular weight is 730 g/mol. The van der Waals surface area contributed by atoms with Gasteiger partial charge in [0.2, 0.25) is 0 Å². The van der Waals surface area contributed by atoms with Crippen LogP contribution in [-0.2, 0) is 45.1 Å². The Morgan fingerprint density at radius 2 is 0.524 bits per heavy atom. The maximum Gasteiger partial charge on any atom is 3.00 e. The summed E-state index contributed by atoms with van der Waals surface area (Å²) in [6, 6.07) is 0. The largest absolute Gasteiger partial charge is 3.00 e. The van der Waals surface area contributed by atoms with Crippen LogP contribution in [0, 0.1) is 13.8 Å². The summed E-state index contributed by atoms with van der Waals surface area (Å²) >= 11 is 7.28.